The van der Waals surface area contributed by atoms with Crippen LogP contribution in [0.3, 0.4) is 0 Å². The SMILES string of the molecule is CCc1nc(CC)c(NC(=O)c2scc(S(=O)(=O)C(C)C)c2Cl)s1. The number of carbonyl (C=O) groups excluding carboxylic acids is 1. The fraction of sp³-hybridized carbons (Fsp3) is 0.467. The molecule has 0 unspecified atom stereocenters. The van der Waals surface area contributed by atoms with Crippen LogP contribution in [0.5, 0.6) is 0 Å². The predicted molar refractivity (Wildman–Crippen MR) is 100 cm³/mol. The zero-order valence-electron chi connectivity index (χ0n) is 13.8. The number of hydrogen-bond donors (Lipinski definition) is 1. The van der Waals surface area contributed by atoms with Crippen LogP contribution in [0.2, 0.25) is 5.02 Å². The molecule has 2 aromatic rings. The Morgan fingerprint density at radius 2 is 2.00 bits per heavy atom. The molecule has 1 amide bonds. The molecule has 2 heterocycles. The molecule has 0 aliphatic heterocycles. The first kappa shape index (κ1) is 19.4. The predicted octanol–water partition coefficient (Wildman–Crippen LogP) is 4.42. The minimum atomic E-state index is -3.52. The molecule has 132 valence electrons. The van der Waals surface area contributed by atoms with E-state index in [1.54, 1.807) is 13.8 Å². The molecule has 2 aromatic heterocycles. The number of amides is 1. The number of sulfone groups is 1. The lowest BCUT2D eigenvalue weighted by atomic mass is 10.3. The Labute approximate surface area is 155 Å². The summed E-state index contributed by atoms with van der Waals surface area (Å²) in [6, 6.07) is 0. The maximum absolute atomic E-state index is 12.5. The molecule has 0 atom stereocenters. The second kappa shape index (κ2) is 7.51. The highest BCUT2D eigenvalue weighted by atomic mass is 35.5. The minimum Gasteiger partial charge on any atom is -0.311 e. The van der Waals surface area contributed by atoms with Gasteiger partial charge in [0.2, 0.25) is 0 Å². The van der Waals surface area contributed by atoms with Gasteiger partial charge in [0.15, 0.2) is 9.84 Å². The van der Waals surface area contributed by atoms with Crippen molar-refractivity contribution in [2.75, 3.05) is 5.32 Å². The zero-order chi connectivity index (χ0) is 18.1. The molecule has 1 N–H and O–H groups in total. The third-order valence-electron chi connectivity index (χ3n) is 3.44. The van der Waals surface area contributed by atoms with Gasteiger partial charge in [0.05, 0.1) is 25.9 Å². The van der Waals surface area contributed by atoms with Crippen molar-refractivity contribution in [3.63, 3.8) is 0 Å². The summed E-state index contributed by atoms with van der Waals surface area (Å²) in [5, 5.41) is 5.28. The molecular weight excluding hydrogens is 388 g/mol. The van der Waals surface area contributed by atoms with E-state index in [-0.39, 0.29) is 14.8 Å². The fourth-order valence-electron chi connectivity index (χ4n) is 1.98. The smallest absolute Gasteiger partial charge is 0.267 e. The summed E-state index contributed by atoms with van der Waals surface area (Å²) in [5.41, 5.74) is 0.827. The van der Waals surface area contributed by atoms with Gasteiger partial charge in [-0.3, -0.25) is 4.79 Å². The average Bonchev–Trinajstić information content (AvgIpc) is 3.10. The van der Waals surface area contributed by atoms with Crippen LogP contribution in [0.15, 0.2) is 10.3 Å². The molecule has 0 spiro atoms. The molecule has 0 fully saturated rings. The van der Waals surface area contributed by atoms with Crippen molar-refractivity contribution in [3.8, 4) is 0 Å². The van der Waals surface area contributed by atoms with E-state index in [4.69, 9.17) is 11.6 Å². The summed E-state index contributed by atoms with van der Waals surface area (Å²) in [4.78, 5) is 17.2. The van der Waals surface area contributed by atoms with E-state index < -0.39 is 21.0 Å². The molecule has 9 heteroatoms. The second-order valence-corrected chi connectivity index (χ2v) is 10.2. The maximum atomic E-state index is 12.5. The maximum Gasteiger partial charge on any atom is 0.267 e. The first-order chi connectivity index (χ1) is 11.2. The molecular formula is C15H19ClN2O3S3. The van der Waals surface area contributed by atoms with Crippen molar-refractivity contribution in [2.45, 2.75) is 50.7 Å². The van der Waals surface area contributed by atoms with Crippen molar-refractivity contribution < 1.29 is 13.2 Å². The summed E-state index contributed by atoms with van der Waals surface area (Å²) in [6.45, 7) is 7.14. The van der Waals surface area contributed by atoms with Crippen molar-refractivity contribution in [2.24, 2.45) is 0 Å². The molecule has 24 heavy (non-hydrogen) atoms. The third kappa shape index (κ3) is 3.66. The minimum absolute atomic E-state index is 0.00974. The second-order valence-electron chi connectivity index (χ2n) is 5.38. The number of halogens is 1. The van der Waals surface area contributed by atoms with Gasteiger partial charge in [-0.2, -0.15) is 0 Å². The lowest BCUT2D eigenvalue weighted by Crippen LogP contribution is -2.15. The van der Waals surface area contributed by atoms with Crippen molar-refractivity contribution in [1.82, 2.24) is 4.98 Å². The van der Waals surface area contributed by atoms with Gasteiger partial charge < -0.3 is 5.32 Å². The summed E-state index contributed by atoms with van der Waals surface area (Å²) < 4.78 is 24.5. The van der Waals surface area contributed by atoms with Crippen molar-refractivity contribution in [3.05, 3.63) is 26.0 Å². The Morgan fingerprint density at radius 3 is 2.54 bits per heavy atom. The zero-order valence-corrected chi connectivity index (χ0v) is 17.0. The average molecular weight is 407 g/mol. The number of aryl methyl sites for hydroxylation is 2. The van der Waals surface area contributed by atoms with Gasteiger partial charge >= 0.3 is 0 Å². The van der Waals surface area contributed by atoms with Gasteiger partial charge in [0.1, 0.15) is 9.88 Å². The Kier molecular flexibility index (Phi) is 6.06. The van der Waals surface area contributed by atoms with Gasteiger partial charge in [-0.1, -0.05) is 25.4 Å². The standard InChI is InChI=1S/C15H19ClN2O3S3/c1-5-9-15(23-11(6-2)17-9)18-14(19)13-12(16)10(7-22-13)24(20,21)8(3)4/h7-8H,5-6H2,1-4H3,(H,18,19). The molecule has 5 nitrogen and oxygen atoms in total. The van der Waals surface area contributed by atoms with Crippen molar-refractivity contribution in [1.29, 1.82) is 0 Å². The Hall–Kier alpha value is -0.960. The summed E-state index contributed by atoms with van der Waals surface area (Å²) in [7, 11) is -3.52. The topological polar surface area (TPSA) is 76.1 Å². The number of thiophene rings is 1. The van der Waals surface area contributed by atoms with Crippen LogP contribution in [0, 0.1) is 0 Å². The van der Waals surface area contributed by atoms with E-state index >= 15 is 0 Å². The number of nitrogens with zero attached hydrogens (tertiary/aromatic N) is 1. The molecule has 0 aromatic carbocycles. The lowest BCUT2D eigenvalue weighted by molar-refractivity contribution is 0.103. The van der Waals surface area contributed by atoms with E-state index in [1.165, 1.54) is 16.7 Å². The third-order valence-corrected chi connectivity index (χ3v) is 8.52. The number of hydrogen-bond acceptors (Lipinski definition) is 6. The monoisotopic (exact) mass is 406 g/mol. The van der Waals surface area contributed by atoms with Crippen LogP contribution < -0.4 is 5.32 Å². The van der Waals surface area contributed by atoms with E-state index in [0.717, 1.165) is 28.5 Å². The summed E-state index contributed by atoms with van der Waals surface area (Å²) in [6.07, 6.45) is 1.50. The van der Waals surface area contributed by atoms with Crippen LogP contribution in [-0.2, 0) is 22.7 Å². The quantitative estimate of drug-likeness (QED) is 0.770. The normalized spacial score (nSPS) is 11.9. The van der Waals surface area contributed by atoms with Gasteiger partial charge in [-0.05, 0) is 26.7 Å². The van der Waals surface area contributed by atoms with Crippen LogP contribution >= 0.6 is 34.3 Å². The molecule has 0 saturated heterocycles. The van der Waals surface area contributed by atoms with Gasteiger partial charge in [-0.15, -0.1) is 22.7 Å². The number of rotatable bonds is 6. The van der Waals surface area contributed by atoms with Crippen LogP contribution in [-0.4, -0.2) is 24.6 Å². The van der Waals surface area contributed by atoms with E-state index in [0.29, 0.717) is 11.4 Å². The van der Waals surface area contributed by atoms with Gasteiger partial charge in [0, 0.05) is 5.38 Å². The Bertz CT molecular complexity index is 853. The molecule has 0 bridgehead atoms. The Morgan fingerprint density at radius 1 is 1.33 bits per heavy atom. The first-order valence-electron chi connectivity index (χ1n) is 7.53. The van der Waals surface area contributed by atoms with E-state index in [1.807, 2.05) is 13.8 Å². The fourth-order valence-corrected chi connectivity index (χ4v) is 5.94. The first-order valence-corrected chi connectivity index (χ1v) is 11.1. The number of thiazole rings is 1. The molecule has 0 saturated carbocycles. The molecule has 0 aliphatic carbocycles. The molecule has 2 rings (SSSR count). The van der Waals surface area contributed by atoms with Crippen LogP contribution in [0.25, 0.3) is 0 Å². The number of aromatic nitrogens is 1. The number of nitrogens with one attached hydrogen (secondary N) is 1. The summed E-state index contributed by atoms with van der Waals surface area (Å²) >= 11 is 8.64. The van der Waals surface area contributed by atoms with Crippen LogP contribution in [0.4, 0.5) is 5.00 Å². The molecule has 0 aliphatic rings. The van der Waals surface area contributed by atoms with Crippen LogP contribution in [0.1, 0.15) is 48.1 Å². The van der Waals surface area contributed by atoms with Gasteiger partial charge in [0.25, 0.3) is 5.91 Å². The Balaban J connectivity index is 2.32. The highest BCUT2D eigenvalue weighted by Crippen LogP contribution is 2.35. The summed E-state index contributed by atoms with van der Waals surface area (Å²) in [5.74, 6) is -0.406. The van der Waals surface area contributed by atoms with Gasteiger partial charge in [-0.25, -0.2) is 13.4 Å². The largest absolute Gasteiger partial charge is 0.311 e. The highest BCUT2D eigenvalue weighted by Gasteiger charge is 2.28. The van der Waals surface area contributed by atoms with E-state index in [9.17, 15) is 13.2 Å². The van der Waals surface area contributed by atoms with E-state index in [2.05, 4.69) is 10.3 Å². The molecule has 0 radical (unpaired) electrons. The highest BCUT2D eigenvalue weighted by molar-refractivity contribution is 7.92. The number of carbonyl (C=O) groups is 1. The lowest BCUT2D eigenvalue weighted by Gasteiger charge is -2.06. The number of anilines is 1. The van der Waals surface area contributed by atoms with Crippen molar-refractivity contribution >= 4 is 55.0 Å².